The molecular weight excluding hydrogens is 472 g/mol. The minimum absolute atomic E-state index is 0. The van der Waals surface area contributed by atoms with Crippen LogP contribution in [0.3, 0.4) is 0 Å². The fourth-order valence-electron chi connectivity index (χ4n) is 3.60. The molecule has 0 bridgehead atoms. The Kier molecular flexibility index (Phi) is 13.3. The van der Waals surface area contributed by atoms with Crippen LogP contribution in [0.2, 0.25) is 0 Å². The maximum Gasteiger partial charge on any atom is 0.246 e. The SMILES string of the molecule is C=C(C)C(=O)NCCCN.C=C(C)C(=O)NCCCNc1c2ccccc2cc2cccc(C)c12.Cl. The zero-order chi connectivity index (χ0) is 25.8. The predicted molar refractivity (Wildman–Crippen MR) is 156 cm³/mol. The molecule has 3 aromatic rings. The molecule has 0 atom stereocenters. The first kappa shape index (κ1) is 30.7. The van der Waals surface area contributed by atoms with E-state index in [1.54, 1.807) is 13.8 Å². The maximum absolute atomic E-state index is 11.5. The van der Waals surface area contributed by atoms with E-state index in [2.05, 4.69) is 84.6 Å². The van der Waals surface area contributed by atoms with Crippen molar-refractivity contribution in [1.29, 1.82) is 0 Å². The summed E-state index contributed by atoms with van der Waals surface area (Å²) in [5.74, 6) is -0.167. The fraction of sp³-hybridized carbons (Fsp3) is 0.310. The number of amides is 2. The van der Waals surface area contributed by atoms with Gasteiger partial charge in [-0.05, 0) is 62.6 Å². The Labute approximate surface area is 220 Å². The van der Waals surface area contributed by atoms with Gasteiger partial charge in [0.15, 0.2) is 0 Å². The second-order valence-electron chi connectivity index (χ2n) is 8.64. The number of carbonyl (C=O) groups excluding carboxylic acids is 2. The van der Waals surface area contributed by atoms with Crippen LogP contribution in [0.1, 0.15) is 32.3 Å². The van der Waals surface area contributed by atoms with E-state index >= 15 is 0 Å². The first-order chi connectivity index (χ1) is 16.8. The molecule has 0 fully saturated rings. The minimum Gasteiger partial charge on any atom is -0.384 e. The number of rotatable bonds is 10. The van der Waals surface area contributed by atoms with Crippen LogP contribution in [-0.4, -0.2) is 38.0 Å². The lowest BCUT2D eigenvalue weighted by Gasteiger charge is -2.15. The van der Waals surface area contributed by atoms with E-state index in [-0.39, 0.29) is 24.2 Å². The number of carbonyl (C=O) groups is 2. The van der Waals surface area contributed by atoms with Gasteiger partial charge in [0.1, 0.15) is 0 Å². The molecule has 36 heavy (non-hydrogen) atoms. The van der Waals surface area contributed by atoms with Crippen molar-refractivity contribution in [2.24, 2.45) is 5.73 Å². The number of aryl methyl sites for hydroxylation is 1. The van der Waals surface area contributed by atoms with Crippen LogP contribution in [0, 0.1) is 6.92 Å². The Bertz CT molecular complexity index is 1210. The molecule has 0 spiro atoms. The van der Waals surface area contributed by atoms with Crippen LogP contribution in [0.5, 0.6) is 0 Å². The van der Waals surface area contributed by atoms with Gasteiger partial charge >= 0.3 is 0 Å². The van der Waals surface area contributed by atoms with Crippen LogP contribution in [0.25, 0.3) is 21.5 Å². The molecule has 0 saturated heterocycles. The van der Waals surface area contributed by atoms with Crippen molar-refractivity contribution in [2.45, 2.75) is 33.6 Å². The average molecular weight is 511 g/mol. The summed E-state index contributed by atoms with van der Waals surface area (Å²) in [4.78, 5) is 22.3. The van der Waals surface area contributed by atoms with Gasteiger partial charge in [0.2, 0.25) is 11.8 Å². The molecule has 3 rings (SSSR count). The molecule has 194 valence electrons. The second-order valence-corrected chi connectivity index (χ2v) is 8.64. The lowest BCUT2D eigenvalue weighted by Crippen LogP contribution is -2.26. The van der Waals surface area contributed by atoms with Gasteiger partial charge in [0.25, 0.3) is 0 Å². The predicted octanol–water partition coefficient (Wildman–Crippen LogP) is 5.25. The number of fused-ring (bicyclic) bond motifs is 2. The van der Waals surface area contributed by atoms with E-state index < -0.39 is 0 Å². The molecular formula is C29H39ClN4O2. The number of hydrogen-bond donors (Lipinski definition) is 4. The minimum atomic E-state index is -0.0894. The molecule has 3 aromatic carbocycles. The monoisotopic (exact) mass is 510 g/mol. The highest BCUT2D eigenvalue weighted by Crippen LogP contribution is 2.34. The number of halogens is 1. The summed E-state index contributed by atoms with van der Waals surface area (Å²) in [6, 6.07) is 17.1. The highest BCUT2D eigenvalue weighted by atomic mass is 35.5. The van der Waals surface area contributed by atoms with Gasteiger partial charge in [0, 0.05) is 41.6 Å². The van der Waals surface area contributed by atoms with E-state index in [1.807, 2.05) is 0 Å². The number of benzene rings is 3. The third-order valence-electron chi connectivity index (χ3n) is 5.48. The Morgan fingerprint density at radius 1 is 0.833 bits per heavy atom. The van der Waals surface area contributed by atoms with Crippen molar-refractivity contribution in [3.8, 4) is 0 Å². The molecule has 5 N–H and O–H groups in total. The summed E-state index contributed by atoms with van der Waals surface area (Å²) < 4.78 is 0. The van der Waals surface area contributed by atoms with Crippen molar-refractivity contribution in [3.63, 3.8) is 0 Å². The summed E-state index contributed by atoms with van der Waals surface area (Å²) in [7, 11) is 0. The first-order valence-corrected chi connectivity index (χ1v) is 12.0. The Morgan fingerprint density at radius 3 is 2.03 bits per heavy atom. The number of hydrogen-bond acceptors (Lipinski definition) is 4. The van der Waals surface area contributed by atoms with Gasteiger partial charge < -0.3 is 21.7 Å². The third-order valence-corrected chi connectivity index (χ3v) is 5.48. The van der Waals surface area contributed by atoms with E-state index in [1.165, 1.54) is 32.8 Å². The lowest BCUT2D eigenvalue weighted by atomic mass is 9.97. The quantitative estimate of drug-likeness (QED) is 0.170. The summed E-state index contributed by atoms with van der Waals surface area (Å²) in [6.45, 7) is 15.4. The highest BCUT2D eigenvalue weighted by Gasteiger charge is 2.09. The molecule has 0 aliphatic heterocycles. The van der Waals surface area contributed by atoms with E-state index in [9.17, 15) is 9.59 Å². The van der Waals surface area contributed by atoms with Crippen LogP contribution >= 0.6 is 12.4 Å². The maximum atomic E-state index is 11.5. The van der Waals surface area contributed by atoms with Crippen LogP contribution in [0.15, 0.2) is 72.8 Å². The van der Waals surface area contributed by atoms with Crippen molar-refractivity contribution in [1.82, 2.24) is 10.6 Å². The van der Waals surface area contributed by atoms with Crippen LogP contribution in [0.4, 0.5) is 5.69 Å². The average Bonchev–Trinajstić information content (AvgIpc) is 2.83. The number of nitrogens with one attached hydrogen (secondary N) is 3. The highest BCUT2D eigenvalue weighted by molar-refractivity contribution is 6.12. The first-order valence-electron chi connectivity index (χ1n) is 12.0. The van der Waals surface area contributed by atoms with Crippen LogP contribution < -0.4 is 21.7 Å². The van der Waals surface area contributed by atoms with Gasteiger partial charge in [-0.15, -0.1) is 12.4 Å². The summed E-state index contributed by atoms with van der Waals surface area (Å²) >= 11 is 0. The Balaban J connectivity index is 0.000000504. The summed E-state index contributed by atoms with van der Waals surface area (Å²) in [5, 5.41) is 14.1. The number of anilines is 1. The molecule has 0 aliphatic carbocycles. The van der Waals surface area contributed by atoms with E-state index in [0.29, 0.717) is 30.8 Å². The molecule has 0 aliphatic rings. The molecule has 6 nitrogen and oxygen atoms in total. The molecule has 7 heteroatoms. The van der Waals surface area contributed by atoms with Gasteiger partial charge in [0.05, 0.1) is 5.69 Å². The Hall–Kier alpha value is -3.35. The van der Waals surface area contributed by atoms with Crippen molar-refractivity contribution in [2.75, 3.05) is 31.5 Å². The zero-order valence-electron chi connectivity index (χ0n) is 21.6. The fourth-order valence-corrected chi connectivity index (χ4v) is 3.60. The molecule has 2 amide bonds. The summed E-state index contributed by atoms with van der Waals surface area (Å²) in [6.07, 6.45) is 1.68. The lowest BCUT2D eigenvalue weighted by molar-refractivity contribution is -0.118. The molecule has 0 heterocycles. The standard InChI is InChI=1S/C22H24N2O.C7H14N2O.ClH/c1-15(2)22(25)24-13-7-12-23-21-19-11-5-4-9-17(19)14-18-10-6-8-16(3)20(18)21;1-6(2)7(10)9-5-3-4-8;/h4-6,8-11,14,23H,1,7,12-13H2,2-3H3,(H,24,25);1,3-5,8H2,2H3,(H,9,10);1H. The van der Waals surface area contributed by atoms with Gasteiger partial charge in [-0.25, -0.2) is 0 Å². The Morgan fingerprint density at radius 2 is 1.42 bits per heavy atom. The topological polar surface area (TPSA) is 96.2 Å². The van der Waals surface area contributed by atoms with Gasteiger partial charge in [-0.3, -0.25) is 9.59 Å². The van der Waals surface area contributed by atoms with E-state index in [0.717, 1.165) is 19.4 Å². The number of nitrogens with two attached hydrogens (primary N) is 1. The smallest absolute Gasteiger partial charge is 0.246 e. The normalized spacial score (nSPS) is 10.0. The molecule has 0 unspecified atom stereocenters. The third kappa shape index (κ3) is 9.02. The van der Waals surface area contributed by atoms with Crippen molar-refractivity contribution < 1.29 is 9.59 Å². The van der Waals surface area contributed by atoms with Gasteiger partial charge in [-0.1, -0.05) is 55.6 Å². The zero-order valence-corrected chi connectivity index (χ0v) is 22.4. The molecule has 0 saturated carbocycles. The summed E-state index contributed by atoms with van der Waals surface area (Å²) in [5.41, 5.74) is 8.74. The largest absolute Gasteiger partial charge is 0.384 e. The molecule has 0 aromatic heterocycles. The van der Waals surface area contributed by atoms with Crippen molar-refractivity contribution in [3.05, 3.63) is 78.4 Å². The van der Waals surface area contributed by atoms with Crippen molar-refractivity contribution >= 4 is 51.5 Å². The van der Waals surface area contributed by atoms with Crippen LogP contribution in [-0.2, 0) is 9.59 Å². The second kappa shape index (κ2) is 15.6. The molecule has 0 radical (unpaired) electrons. The van der Waals surface area contributed by atoms with E-state index in [4.69, 9.17) is 5.73 Å². The van der Waals surface area contributed by atoms with Gasteiger partial charge in [-0.2, -0.15) is 0 Å².